The lowest BCUT2D eigenvalue weighted by molar-refractivity contribution is -0.384. The Labute approximate surface area is 134 Å². The van der Waals surface area contributed by atoms with Crippen molar-refractivity contribution in [2.75, 3.05) is 19.8 Å². The number of ether oxygens (including phenoxy) is 2. The Bertz CT molecular complexity index is 528. The number of nitrogens with one attached hydrogen (secondary N) is 2. The average Bonchev–Trinajstić information content (AvgIpc) is 3.06. The highest BCUT2D eigenvalue weighted by atomic mass is 16.6. The predicted octanol–water partition coefficient (Wildman–Crippen LogP) is 1.84. The molecule has 2 atom stereocenters. The first-order chi connectivity index (χ1) is 11.1. The molecule has 0 aromatic heterocycles. The monoisotopic (exact) mass is 323 g/mol. The Balaban J connectivity index is 1.62. The van der Waals surface area contributed by atoms with Crippen LogP contribution in [-0.4, -0.2) is 42.9 Å². The van der Waals surface area contributed by atoms with Gasteiger partial charge in [0.1, 0.15) is 12.4 Å². The molecule has 0 unspecified atom stereocenters. The second-order valence-electron chi connectivity index (χ2n) is 5.34. The lowest BCUT2D eigenvalue weighted by atomic mass is 10.1. The van der Waals surface area contributed by atoms with E-state index in [4.69, 9.17) is 9.47 Å². The second-order valence-corrected chi connectivity index (χ2v) is 5.34. The molecule has 1 heterocycles. The van der Waals surface area contributed by atoms with Crippen LogP contribution in [0.2, 0.25) is 0 Å². The summed E-state index contributed by atoms with van der Waals surface area (Å²) in [7, 11) is 0. The molecular weight excluding hydrogens is 302 g/mol. The summed E-state index contributed by atoms with van der Waals surface area (Å²) in [6.45, 7) is 3.28. The lowest BCUT2D eigenvalue weighted by Gasteiger charge is -2.20. The molecule has 0 aliphatic carbocycles. The van der Waals surface area contributed by atoms with Gasteiger partial charge >= 0.3 is 6.03 Å². The third-order valence-corrected chi connectivity index (χ3v) is 3.59. The van der Waals surface area contributed by atoms with Crippen LogP contribution in [0, 0.1) is 10.1 Å². The molecule has 1 aromatic rings. The number of non-ortho nitro benzene ring substituents is 1. The van der Waals surface area contributed by atoms with E-state index in [0.29, 0.717) is 12.3 Å². The summed E-state index contributed by atoms with van der Waals surface area (Å²) in [5, 5.41) is 16.1. The van der Waals surface area contributed by atoms with Crippen molar-refractivity contribution in [3.63, 3.8) is 0 Å². The minimum atomic E-state index is -0.467. The number of carbonyl (C=O) groups is 1. The van der Waals surface area contributed by atoms with E-state index in [1.807, 2.05) is 6.92 Å². The summed E-state index contributed by atoms with van der Waals surface area (Å²) in [5.41, 5.74) is 0.0120. The van der Waals surface area contributed by atoms with Gasteiger partial charge in [0.2, 0.25) is 0 Å². The van der Waals surface area contributed by atoms with Crippen molar-refractivity contribution in [1.82, 2.24) is 10.6 Å². The third kappa shape index (κ3) is 5.41. The fraction of sp³-hybridized carbons (Fsp3) is 0.533. The van der Waals surface area contributed by atoms with Gasteiger partial charge in [-0.05, 0) is 31.9 Å². The van der Waals surface area contributed by atoms with Gasteiger partial charge in [0.25, 0.3) is 5.69 Å². The number of benzene rings is 1. The number of carbonyl (C=O) groups excluding carboxylic acids is 1. The maximum absolute atomic E-state index is 11.7. The van der Waals surface area contributed by atoms with Gasteiger partial charge in [-0.2, -0.15) is 0 Å². The lowest BCUT2D eigenvalue weighted by Crippen LogP contribution is -2.46. The van der Waals surface area contributed by atoms with E-state index in [0.717, 1.165) is 19.4 Å². The first kappa shape index (κ1) is 17.0. The summed E-state index contributed by atoms with van der Waals surface area (Å²) < 4.78 is 10.9. The quantitative estimate of drug-likeness (QED) is 0.453. The molecule has 1 aliphatic rings. The summed E-state index contributed by atoms with van der Waals surface area (Å²) >= 11 is 0. The maximum Gasteiger partial charge on any atom is 0.315 e. The number of urea groups is 1. The zero-order valence-corrected chi connectivity index (χ0v) is 13.0. The van der Waals surface area contributed by atoms with E-state index in [9.17, 15) is 14.9 Å². The molecule has 8 nitrogen and oxygen atoms in total. The van der Waals surface area contributed by atoms with Gasteiger partial charge in [-0.1, -0.05) is 0 Å². The van der Waals surface area contributed by atoms with Crippen molar-refractivity contribution in [3.8, 4) is 5.75 Å². The van der Waals surface area contributed by atoms with Gasteiger partial charge in [-0.25, -0.2) is 4.79 Å². The highest BCUT2D eigenvalue weighted by molar-refractivity contribution is 5.74. The van der Waals surface area contributed by atoms with Crippen LogP contribution in [0.25, 0.3) is 0 Å². The first-order valence-corrected chi connectivity index (χ1v) is 7.59. The molecule has 1 aromatic carbocycles. The van der Waals surface area contributed by atoms with Crippen LogP contribution in [0.5, 0.6) is 5.75 Å². The van der Waals surface area contributed by atoms with Crippen LogP contribution in [0.4, 0.5) is 10.5 Å². The zero-order valence-electron chi connectivity index (χ0n) is 13.0. The molecule has 2 N–H and O–H groups in total. The smallest absolute Gasteiger partial charge is 0.315 e. The van der Waals surface area contributed by atoms with Gasteiger partial charge in [-0.3, -0.25) is 10.1 Å². The van der Waals surface area contributed by atoms with Crippen LogP contribution in [0.3, 0.4) is 0 Å². The normalized spacial score (nSPS) is 18.2. The molecular formula is C15H21N3O5. The van der Waals surface area contributed by atoms with E-state index >= 15 is 0 Å². The number of nitro benzene ring substituents is 1. The van der Waals surface area contributed by atoms with Gasteiger partial charge in [-0.15, -0.1) is 0 Å². The number of hydrogen-bond acceptors (Lipinski definition) is 5. The maximum atomic E-state index is 11.7. The van der Waals surface area contributed by atoms with Gasteiger partial charge in [0.05, 0.1) is 23.6 Å². The molecule has 8 heteroatoms. The van der Waals surface area contributed by atoms with Gasteiger partial charge < -0.3 is 20.1 Å². The Morgan fingerprint density at radius 3 is 2.83 bits per heavy atom. The molecule has 1 saturated heterocycles. The van der Waals surface area contributed by atoms with Crippen LogP contribution in [0.1, 0.15) is 19.8 Å². The van der Waals surface area contributed by atoms with E-state index in [2.05, 4.69) is 10.6 Å². The average molecular weight is 323 g/mol. The minimum Gasteiger partial charge on any atom is -0.492 e. The number of hydrogen-bond donors (Lipinski definition) is 2. The number of nitrogens with zero attached hydrogens (tertiary/aromatic N) is 1. The Morgan fingerprint density at radius 2 is 2.22 bits per heavy atom. The van der Waals surface area contributed by atoms with Crippen LogP contribution < -0.4 is 15.4 Å². The van der Waals surface area contributed by atoms with Crippen molar-refractivity contribution in [1.29, 1.82) is 0 Å². The van der Waals surface area contributed by atoms with Crippen molar-refractivity contribution < 1.29 is 19.2 Å². The number of nitro groups is 1. The molecule has 23 heavy (non-hydrogen) atoms. The molecule has 0 saturated carbocycles. The highest BCUT2D eigenvalue weighted by Gasteiger charge is 2.23. The van der Waals surface area contributed by atoms with Crippen LogP contribution in [0.15, 0.2) is 24.3 Å². The summed E-state index contributed by atoms with van der Waals surface area (Å²) in [6, 6.07) is 5.50. The zero-order chi connectivity index (χ0) is 16.7. The van der Waals surface area contributed by atoms with Gasteiger partial charge in [0, 0.05) is 18.7 Å². The molecule has 2 rings (SSSR count). The molecule has 1 aliphatic heterocycles. The SMILES string of the molecule is C[C@@H](NC(=O)NCCOc1ccc([N+](=O)[O-])cc1)[C@@H]1CCCO1. The molecule has 126 valence electrons. The Hall–Kier alpha value is -2.35. The standard InChI is InChI=1S/C15H21N3O5/c1-11(14-3-2-9-23-14)17-15(19)16-8-10-22-13-6-4-12(5-7-13)18(20)21/h4-7,11,14H,2-3,8-10H2,1H3,(H2,16,17,19)/t11-,14+/m1/s1. The first-order valence-electron chi connectivity index (χ1n) is 7.59. The molecule has 0 spiro atoms. The fourth-order valence-corrected chi connectivity index (χ4v) is 2.35. The summed E-state index contributed by atoms with van der Waals surface area (Å²) in [4.78, 5) is 21.8. The van der Waals surface area contributed by atoms with Gasteiger partial charge in [0.15, 0.2) is 0 Å². The second kappa shape index (κ2) is 8.33. The van der Waals surface area contributed by atoms with E-state index in [1.165, 1.54) is 24.3 Å². The Kier molecular flexibility index (Phi) is 6.16. The number of rotatable bonds is 7. The highest BCUT2D eigenvalue weighted by Crippen LogP contribution is 2.17. The van der Waals surface area contributed by atoms with Crippen LogP contribution >= 0.6 is 0 Å². The predicted molar refractivity (Wildman–Crippen MR) is 83.6 cm³/mol. The van der Waals surface area contributed by atoms with Crippen molar-refractivity contribution >= 4 is 11.7 Å². The number of amides is 2. The topological polar surface area (TPSA) is 103 Å². The van der Waals surface area contributed by atoms with E-state index < -0.39 is 4.92 Å². The third-order valence-electron chi connectivity index (χ3n) is 3.59. The minimum absolute atomic E-state index is 0.0120. The largest absolute Gasteiger partial charge is 0.492 e. The van der Waals surface area contributed by atoms with Crippen molar-refractivity contribution in [3.05, 3.63) is 34.4 Å². The molecule has 2 amide bonds. The van der Waals surface area contributed by atoms with Crippen molar-refractivity contribution in [2.24, 2.45) is 0 Å². The summed E-state index contributed by atoms with van der Waals surface area (Å²) in [5.74, 6) is 0.519. The van der Waals surface area contributed by atoms with Crippen LogP contribution in [-0.2, 0) is 4.74 Å². The Morgan fingerprint density at radius 1 is 1.48 bits per heavy atom. The molecule has 0 radical (unpaired) electrons. The molecule has 1 fully saturated rings. The fourth-order valence-electron chi connectivity index (χ4n) is 2.35. The summed E-state index contributed by atoms with van der Waals surface area (Å²) in [6.07, 6.45) is 2.07. The van der Waals surface area contributed by atoms with Crippen molar-refractivity contribution in [2.45, 2.75) is 31.9 Å². The van der Waals surface area contributed by atoms with E-state index in [1.54, 1.807) is 0 Å². The van der Waals surface area contributed by atoms with E-state index in [-0.39, 0.29) is 30.5 Å². The molecule has 0 bridgehead atoms.